The van der Waals surface area contributed by atoms with Gasteiger partial charge in [-0.2, -0.15) is 0 Å². The van der Waals surface area contributed by atoms with E-state index in [9.17, 15) is 24.3 Å². The van der Waals surface area contributed by atoms with E-state index < -0.39 is 30.3 Å². The lowest BCUT2D eigenvalue weighted by molar-refractivity contribution is 0.0436. The van der Waals surface area contributed by atoms with E-state index in [1.165, 1.54) is 38.3 Å². The van der Waals surface area contributed by atoms with Crippen molar-refractivity contribution >= 4 is 17.8 Å². The zero-order valence-electron chi connectivity index (χ0n) is 19.9. The molecular weight excluding hydrogens is 472 g/mol. The summed E-state index contributed by atoms with van der Waals surface area (Å²) in [5.41, 5.74) is 0.448. The second-order valence-corrected chi connectivity index (χ2v) is 8.43. The largest absolute Gasteiger partial charge is 0.519 e. The molecule has 36 heavy (non-hydrogen) atoms. The Balaban J connectivity index is 1.75. The summed E-state index contributed by atoms with van der Waals surface area (Å²) in [5, 5.41) is 12.6. The number of carboxylic acids is 1. The number of nitrogens with one attached hydrogen (secondary N) is 1. The zero-order chi connectivity index (χ0) is 26.0. The average molecular weight is 496 g/mol. The monoisotopic (exact) mass is 496 g/mol. The Morgan fingerprint density at radius 3 is 2.50 bits per heavy atom. The minimum atomic E-state index is -1.22. The molecule has 2 N–H and O–H groups in total. The van der Waals surface area contributed by atoms with E-state index in [2.05, 4.69) is 10.3 Å². The number of benzene rings is 1. The highest BCUT2D eigenvalue weighted by Gasteiger charge is 2.26. The van der Waals surface area contributed by atoms with Crippen molar-refractivity contribution in [3.05, 3.63) is 68.9 Å². The van der Waals surface area contributed by atoms with Crippen molar-refractivity contribution in [2.75, 3.05) is 13.7 Å². The predicted octanol–water partition coefficient (Wildman–Crippen LogP) is 3.12. The highest BCUT2D eigenvalue weighted by molar-refractivity contribution is 6.03. The molecule has 1 saturated carbocycles. The van der Waals surface area contributed by atoms with Crippen LogP contribution in [0.1, 0.15) is 61.3 Å². The van der Waals surface area contributed by atoms with Gasteiger partial charge >= 0.3 is 17.8 Å². The Bertz CT molecular complexity index is 1400. The highest BCUT2D eigenvalue weighted by atomic mass is 16.6. The Morgan fingerprint density at radius 1 is 1.14 bits per heavy atom. The van der Waals surface area contributed by atoms with Crippen LogP contribution >= 0.6 is 0 Å². The number of hydrogen-bond acceptors (Lipinski definition) is 9. The molecule has 11 heteroatoms. The van der Waals surface area contributed by atoms with E-state index in [0.29, 0.717) is 23.8 Å². The minimum absolute atomic E-state index is 0.0106. The van der Waals surface area contributed by atoms with Crippen molar-refractivity contribution in [1.82, 2.24) is 10.3 Å². The summed E-state index contributed by atoms with van der Waals surface area (Å²) >= 11 is 0. The van der Waals surface area contributed by atoms with Gasteiger partial charge < -0.3 is 28.7 Å². The average Bonchev–Trinajstić information content (AvgIpc) is 3.63. The smallest absolute Gasteiger partial charge is 0.496 e. The van der Waals surface area contributed by atoms with Gasteiger partial charge in [0.15, 0.2) is 23.8 Å². The first kappa shape index (κ1) is 24.7. The fourth-order valence-electron chi connectivity index (χ4n) is 3.62. The maximum Gasteiger partial charge on any atom is 0.519 e. The molecule has 0 radical (unpaired) electrons. The molecule has 188 valence electrons. The molecule has 4 rings (SSSR count). The number of aryl methyl sites for hydroxylation is 2. The van der Waals surface area contributed by atoms with Crippen molar-refractivity contribution < 1.29 is 37.8 Å². The van der Waals surface area contributed by atoms with E-state index in [4.69, 9.17) is 18.3 Å². The molecule has 1 amide bonds. The summed E-state index contributed by atoms with van der Waals surface area (Å²) in [5.74, 6) is -2.61. The molecule has 0 unspecified atom stereocenters. The van der Waals surface area contributed by atoms with Crippen LogP contribution in [0.25, 0.3) is 11.1 Å². The Morgan fingerprint density at radius 2 is 1.89 bits per heavy atom. The molecule has 1 aromatic carbocycles. The number of esters is 1. The third kappa shape index (κ3) is 5.29. The molecule has 3 aromatic rings. The number of carbonyl (C=O) groups is 3. The van der Waals surface area contributed by atoms with E-state index in [1.807, 2.05) is 0 Å². The number of aromatic nitrogens is 1. The molecule has 1 aliphatic rings. The second-order valence-electron chi connectivity index (χ2n) is 8.43. The fraction of sp³-hybridized carbons (Fsp3) is 0.320. The van der Waals surface area contributed by atoms with Crippen LogP contribution in [0.5, 0.6) is 5.75 Å². The maximum atomic E-state index is 13.1. The topological polar surface area (TPSA) is 158 Å². The van der Waals surface area contributed by atoms with Crippen LogP contribution in [-0.4, -0.2) is 41.6 Å². The van der Waals surface area contributed by atoms with Gasteiger partial charge in [-0.25, -0.2) is 19.4 Å². The van der Waals surface area contributed by atoms with Crippen molar-refractivity contribution in [3.63, 3.8) is 0 Å². The lowest BCUT2D eigenvalue weighted by Crippen LogP contribution is -2.27. The zero-order valence-corrected chi connectivity index (χ0v) is 19.9. The third-order valence-corrected chi connectivity index (χ3v) is 5.80. The quantitative estimate of drug-likeness (QED) is 0.422. The molecule has 1 aliphatic carbocycles. The van der Waals surface area contributed by atoms with Gasteiger partial charge in [-0.1, -0.05) is 0 Å². The maximum absolute atomic E-state index is 13.1. The molecule has 0 atom stereocenters. The molecule has 0 bridgehead atoms. The number of amides is 1. The lowest BCUT2D eigenvalue weighted by atomic mass is 9.95. The summed E-state index contributed by atoms with van der Waals surface area (Å²) < 4.78 is 20.2. The van der Waals surface area contributed by atoms with Gasteiger partial charge in [-0.05, 0) is 62.4 Å². The van der Waals surface area contributed by atoms with Gasteiger partial charge in [0.25, 0.3) is 5.91 Å². The lowest BCUT2D eigenvalue weighted by Gasteiger charge is -2.15. The first-order chi connectivity index (χ1) is 17.2. The van der Waals surface area contributed by atoms with Crippen LogP contribution in [-0.2, 0) is 11.3 Å². The van der Waals surface area contributed by atoms with Crippen LogP contribution in [0.2, 0.25) is 0 Å². The first-order valence-electron chi connectivity index (χ1n) is 11.2. The number of methoxy groups -OCH3 is 1. The van der Waals surface area contributed by atoms with Crippen molar-refractivity contribution in [1.29, 1.82) is 0 Å². The predicted molar refractivity (Wildman–Crippen MR) is 124 cm³/mol. The summed E-state index contributed by atoms with van der Waals surface area (Å²) in [7, 11) is 1.44. The van der Waals surface area contributed by atoms with Gasteiger partial charge in [0.05, 0.1) is 12.7 Å². The fourth-order valence-corrected chi connectivity index (χ4v) is 3.62. The van der Waals surface area contributed by atoms with Gasteiger partial charge in [-0.15, -0.1) is 0 Å². The minimum Gasteiger partial charge on any atom is -0.496 e. The first-order valence-corrected chi connectivity index (χ1v) is 11.2. The van der Waals surface area contributed by atoms with Crippen molar-refractivity contribution in [2.24, 2.45) is 5.92 Å². The van der Waals surface area contributed by atoms with Crippen molar-refractivity contribution in [2.45, 2.75) is 33.3 Å². The van der Waals surface area contributed by atoms with Crippen LogP contribution in [0, 0.1) is 19.8 Å². The summed E-state index contributed by atoms with van der Waals surface area (Å²) in [6.07, 6.45) is 2.09. The van der Waals surface area contributed by atoms with E-state index in [-0.39, 0.29) is 39.6 Å². The second kappa shape index (κ2) is 10.1. The molecule has 1 fully saturated rings. The summed E-state index contributed by atoms with van der Waals surface area (Å²) in [6, 6.07) is 5.75. The molecule has 0 spiro atoms. The number of carbonyl (C=O) groups excluding carboxylic acids is 2. The Kier molecular flexibility index (Phi) is 6.91. The van der Waals surface area contributed by atoms with E-state index in [0.717, 1.165) is 12.8 Å². The van der Waals surface area contributed by atoms with E-state index in [1.54, 1.807) is 6.92 Å². The standard InChI is InChI=1S/C25H24N2O9/c1-12-8-17(23(29)30)16(9-19(12)33-3)15-6-7-18(22(28)26-10-14-4-5-14)27-21(15)24(31)34-11-20-13(2)35-25(32)36-20/h6-9,14H,4-5,10-11H2,1-3H3,(H,26,28)(H,29,30). The van der Waals surface area contributed by atoms with Crippen LogP contribution in [0.4, 0.5) is 0 Å². The molecular formula is C25H24N2O9. The molecule has 2 aromatic heterocycles. The summed E-state index contributed by atoms with van der Waals surface area (Å²) in [6.45, 7) is 3.23. The van der Waals surface area contributed by atoms with Gasteiger partial charge in [-0.3, -0.25) is 4.79 Å². The Hall–Kier alpha value is -4.41. The van der Waals surface area contributed by atoms with E-state index >= 15 is 0 Å². The number of aromatic carboxylic acids is 1. The van der Waals surface area contributed by atoms with Crippen LogP contribution in [0.3, 0.4) is 0 Å². The van der Waals surface area contributed by atoms with Crippen molar-refractivity contribution in [3.8, 4) is 16.9 Å². The Labute approximate surface area is 205 Å². The number of rotatable bonds is 9. The molecule has 11 nitrogen and oxygen atoms in total. The van der Waals surface area contributed by atoms with Gasteiger partial charge in [0.1, 0.15) is 11.4 Å². The number of pyridine rings is 1. The summed E-state index contributed by atoms with van der Waals surface area (Å²) in [4.78, 5) is 53.3. The highest BCUT2D eigenvalue weighted by Crippen LogP contribution is 2.33. The normalized spacial score (nSPS) is 12.8. The van der Waals surface area contributed by atoms with Crippen LogP contribution in [0.15, 0.2) is 37.9 Å². The number of ether oxygens (including phenoxy) is 2. The third-order valence-electron chi connectivity index (χ3n) is 5.80. The van der Waals surface area contributed by atoms with Crippen LogP contribution < -0.4 is 15.9 Å². The molecule has 2 heterocycles. The SMILES string of the molecule is COc1cc(-c2ccc(C(=O)NCC3CC3)nc2C(=O)OCc2oc(=O)oc2C)c(C(=O)O)cc1C. The molecule has 0 saturated heterocycles. The molecule has 0 aliphatic heterocycles. The van der Waals surface area contributed by atoms with Gasteiger partial charge in [0, 0.05) is 17.7 Å². The number of nitrogens with zero attached hydrogens (tertiary/aromatic N) is 1. The van der Waals surface area contributed by atoms with Gasteiger partial charge in [0.2, 0.25) is 0 Å². The number of carboxylic acid groups (broad SMARTS) is 1. The number of hydrogen-bond donors (Lipinski definition) is 2.